The summed E-state index contributed by atoms with van der Waals surface area (Å²) in [6, 6.07) is 0. The molecule has 0 aromatic heterocycles. The zero-order valence-corrected chi connectivity index (χ0v) is 13.6. The minimum atomic E-state index is -0.507. The highest BCUT2D eigenvalue weighted by molar-refractivity contribution is 8.76. The van der Waals surface area contributed by atoms with E-state index in [1.807, 2.05) is 6.92 Å². The third kappa shape index (κ3) is 6.91. The van der Waals surface area contributed by atoms with E-state index in [0.717, 1.165) is 12.8 Å². The van der Waals surface area contributed by atoms with E-state index in [1.165, 1.54) is 25.7 Å². The lowest BCUT2D eigenvalue weighted by Gasteiger charge is -2.27. The van der Waals surface area contributed by atoms with Crippen molar-refractivity contribution in [2.45, 2.75) is 64.6 Å². The molecule has 0 aliphatic carbocycles. The quantitative estimate of drug-likeness (QED) is 0.421. The first-order valence-electron chi connectivity index (χ1n) is 7.28. The molecule has 1 rings (SSSR count). The third-order valence-corrected chi connectivity index (χ3v) is 5.82. The van der Waals surface area contributed by atoms with E-state index in [-0.39, 0.29) is 18.0 Å². The Hall–Kier alpha value is 0.130. The lowest BCUT2D eigenvalue weighted by atomic mass is 10.0. The van der Waals surface area contributed by atoms with Crippen LogP contribution in [0.25, 0.3) is 0 Å². The number of rotatable bonds is 8. The monoisotopic (exact) mass is 306 g/mol. The molecule has 0 bridgehead atoms. The molecule has 3 atom stereocenters. The second-order valence-electron chi connectivity index (χ2n) is 5.22. The van der Waals surface area contributed by atoms with Crippen LogP contribution >= 0.6 is 21.6 Å². The van der Waals surface area contributed by atoms with Crippen LogP contribution in [-0.4, -0.2) is 34.8 Å². The molecule has 0 saturated carbocycles. The molecule has 5 heteroatoms. The van der Waals surface area contributed by atoms with Crippen molar-refractivity contribution in [2.24, 2.45) is 5.92 Å². The van der Waals surface area contributed by atoms with Crippen LogP contribution in [-0.2, 0) is 9.53 Å². The molecule has 3 nitrogen and oxygen atoms in total. The molecule has 1 unspecified atom stereocenters. The molecule has 0 aromatic carbocycles. The van der Waals surface area contributed by atoms with Crippen LogP contribution in [0.3, 0.4) is 0 Å². The van der Waals surface area contributed by atoms with Crippen molar-refractivity contribution in [3.05, 3.63) is 0 Å². The molecular formula is C14H26O3S2. The third-order valence-electron chi connectivity index (χ3n) is 3.39. The summed E-state index contributed by atoms with van der Waals surface area (Å²) in [5.74, 6) is 1.15. The minimum absolute atomic E-state index is 0.0478. The van der Waals surface area contributed by atoms with E-state index in [4.69, 9.17) is 4.74 Å². The van der Waals surface area contributed by atoms with Crippen molar-refractivity contribution in [1.29, 1.82) is 0 Å². The Kier molecular flexibility index (Phi) is 8.99. The standard InChI is InChI=1S/C14H26O3S2/c1-3-4-5-6-7-8-11(2)14(16)17-13-10-19-18-9-12(13)15/h11-13,15H,3-10H2,1-2H3/t11?,12-,13-/m0/s1. The number of ether oxygens (including phenoxy) is 1. The predicted octanol–water partition coefficient (Wildman–Crippen LogP) is 3.65. The topological polar surface area (TPSA) is 46.5 Å². The van der Waals surface area contributed by atoms with Gasteiger partial charge in [-0.15, -0.1) is 0 Å². The van der Waals surface area contributed by atoms with Crippen LogP contribution < -0.4 is 0 Å². The van der Waals surface area contributed by atoms with Gasteiger partial charge in [-0.2, -0.15) is 0 Å². The summed E-state index contributed by atoms with van der Waals surface area (Å²) < 4.78 is 5.42. The predicted molar refractivity (Wildman–Crippen MR) is 83.3 cm³/mol. The van der Waals surface area contributed by atoms with Crippen LogP contribution in [0.4, 0.5) is 0 Å². The average Bonchev–Trinajstić information content (AvgIpc) is 2.41. The van der Waals surface area contributed by atoms with Crippen molar-refractivity contribution in [3.63, 3.8) is 0 Å². The van der Waals surface area contributed by atoms with Crippen LogP contribution in [0.1, 0.15) is 52.4 Å². The molecule has 1 heterocycles. The summed E-state index contributed by atoms with van der Waals surface area (Å²) in [4.78, 5) is 11.9. The molecule has 0 radical (unpaired) electrons. The molecule has 1 N–H and O–H groups in total. The highest BCUT2D eigenvalue weighted by atomic mass is 33.1. The zero-order valence-electron chi connectivity index (χ0n) is 12.0. The summed E-state index contributed by atoms with van der Waals surface area (Å²) in [5, 5.41) is 9.76. The summed E-state index contributed by atoms with van der Waals surface area (Å²) in [6.45, 7) is 4.13. The van der Waals surface area contributed by atoms with Gasteiger partial charge in [0.15, 0.2) is 0 Å². The Morgan fingerprint density at radius 3 is 2.63 bits per heavy atom. The van der Waals surface area contributed by atoms with E-state index in [9.17, 15) is 9.90 Å². The van der Waals surface area contributed by atoms with Gasteiger partial charge in [0, 0.05) is 11.5 Å². The fourth-order valence-corrected chi connectivity index (χ4v) is 4.37. The molecule has 0 amide bonds. The van der Waals surface area contributed by atoms with Gasteiger partial charge in [0.25, 0.3) is 0 Å². The smallest absolute Gasteiger partial charge is 0.309 e. The molecule has 1 fully saturated rings. The van der Waals surface area contributed by atoms with E-state index < -0.39 is 6.10 Å². The molecule has 1 saturated heterocycles. The maximum Gasteiger partial charge on any atom is 0.309 e. The first-order chi connectivity index (χ1) is 9.15. The fraction of sp³-hybridized carbons (Fsp3) is 0.929. The zero-order chi connectivity index (χ0) is 14.1. The lowest BCUT2D eigenvalue weighted by Crippen LogP contribution is -2.38. The Bertz CT molecular complexity index is 261. The number of hydrogen-bond acceptors (Lipinski definition) is 5. The van der Waals surface area contributed by atoms with Crippen LogP contribution in [0.5, 0.6) is 0 Å². The first-order valence-corrected chi connectivity index (χ1v) is 9.77. The minimum Gasteiger partial charge on any atom is -0.458 e. The maximum absolute atomic E-state index is 11.9. The average molecular weight is 306 g/mol. The SMILES string of the molecule is CCCCCCCC(C)C(=O)O[C@H]1CSSC[C@@H]1O. The van der Waals surface area contributed by atoms with Crippen molar-refractivity contribution in [2.75, 3.05) is 11.5 Å². The van der Waals surface area contributed by atoms with Gasteiger partial charge >= 0.3 is 5.97 Å². The normalized spacial score (nSPS) is 25.0. The second-order valence-corrected chi connectivity index (χ2v) is 7.77. The van der Waals surface area contributed by atoms with Crippen molar-refractivity contribution >= 4 is 27.6 Å². The molecular weight excluding hydrogens is 280 g/mol. The first kappa shape index (κ1) is 17.2. The summed E-state index contributed by atoms with van der Waals surface area (Å²) in [7, 11) is 3.31. The number of esters is 1. The Morgan fingerprint density at radius 1 is 1.26 bits per heavy atom. The largest absolute Gasteiger partial charge is 0.458 e. The number of carbonyl (C=O) groups is 1. The number of carbonyl (C=O) groups excluding carboxylic acids is 1. The summed E-state index contributed by atoms with van der Waals surface area (Å²) in [5.41, 5.74) is 0. The lowest BCUT2D eigenvalue weighted by molar-refractivity contribution is -0.157. The van der Waals surface area contributed by atoms with Crippen molar-refractivity contribution in [1.82, 2.24) is 0 Å². The molecule has 0 aromatic rings. The van der Waals surface area contributed by atoms with Gasteiger partial charge in [-0.1, -0.05) is 67.5 Å². The van der Waals surface area contributed by atoms with Gasteiger partial charge in [0.05, 0.1) is 5.92 Å². The summed E-state index contributed by atoms with van der Waals surface area (Å²) >= 11 is 0. The highest BCUT2D eigenvalue weighted by Gasteiger charge is 2.29. The van der Waals surface area contributed by atoms with Gasteiger partial charge < -0.3 is 9.84 Å². The number of unbranched alkanes of at least 4 members (excludes halogenated alkanes) is 4. The second kappa shape index (κ2) is 9.94. The van der Waals surface area contributed by atoms with Gasteiger partial charge in [0.2, 0.25) is 0 Å². The van der Waals surface area contributed by atoms with Crippen molar-refractivity contribution < 1.29 is 14.6 Å². The Labute approximate surface area is 124 Å². The van der Waals surface area contributed by atoms with Crippen molar-refractivity contribution in [3.8, 4) is 0 Å². The summed E-state index contributed by atoms with van der Waals surface area (Å²) in [6.07, 6.45) is 6.14. The number of aliphatic hydroxyl groups excluding tert-OH is 1. The molecule has 1 aliphatic rings. The Balaban J connectivity index is 2.16. The van der Waals surface area contributed by atoms with Gasteiger partial charge in [-0.25, -0.2) is 0 Å². The van der Waals surface area contributed by atoms with Gasteiger partial charge in [-0.05, 0) is 6.42 Å². The van der Waals surface area contributed by atoms with Crippen LogP contribution in [0, 0.1) is 5.92 Å². The van der Waals surface area contributed by atoms with Crippen LogP contribution in [0.2, 0.25) is 0 Å². The highest BCUT2D eigenvalue weighted by Crippen LogP contribution is 2.31. The Morgan fingerprint density at radius 2 is 1.95 bits per heavy atom. The van der Waals surface area contributed by atoms with E-state index in [0.29, 0.717) is 11.5 Å². The van der Waals surface area contributed by atoms with Crippen LogP contribution in [0.15, 0.2) is 0 Å². The number of hydrogen-bond donors (Lipinski definition) is 1. The molecule has 112 valence electrons. The molecule has 1 aliphatic heterocycles. The van der Waals surface area contributed by atoms with Gasteiger partial charge in [0.1, 0.15) is 12.2 Å². The van der Waals surface area contributed by atoms with E-state index in [1.54, 1.807) is 21.6 Å². The fourth-order valence-electron chi connectivity index (χ4n) is 2.00. The van der Waals surface area contributed by atoms with E-state index >= 15 is 0 Å². The van der Waals surface area contributed by atoms with E-state index in [2.05, 4.69) is 6.92 Å². The van der Waals surface area contributed by atoms with Gasteiger partial charge in [-0.3, -0.25) is 4.79 Å². The maximum atomic E-state index is 11.9. The molecule has 0 spiro atoms. The molecule has 19 heavy (non-hydrogen) atoms. The number of aliphatic hydroxyl groups is 1.